The SMILES string of the molecule is Nc1ncnc(NCCc2cccc(F)c2)c1Br. The van der Waals surface area contributed by atoms with Crippen molar-refractivity contribution in [3.63, 3.8) is 0 Å². The van der Waals surface area contributed by atoms with Crippen molar-refractivity contribution < 1.29 is 4.39 Å². The fourth-order valence-electron chi connectivity index (χ4n) is 1.52. The van der Waals surface area contributed by atoms with E-state index in [1.807, 2.05) is 6.07 Å². The molecule has 0 atom stereocenters. The lowest BCUT2D eigenvalue weighted by molar-refractivity contribution is 0.625. The lowest BCUT2D eigenvalue weighted by Gasteiger charge is -2.08. The average molecular weight is 311 g/mol. The minimum absolute atomic E-state index is 0.222. The summed E-state index contributed by atoms with van der Waals surface area (Å²) in [7, 11) is 0. The molecule has 18 heavy (non-hydrogen) atoms. The number of hydrogen-bond donors (Lipinski definition) is 2. The largest absolute Gasteiger partial charge is 0.383 e. The molecule has 0 spiro atoms. The van der Waals surface area contributed by atoms with Crippen LogP contribution in [0.25, 0.3) is 0 Å². The Hall–Kier alpha value is -1.69. The molecule has 0 aliphatic carbocycles. The van der Waals surface area contributed by atoms with Gasteiger partial charge in [0.2, 0.25) is 0 Å². The van der Waals surface area contributed by atoms with Crippen molar-refractivity contribution in [2.24, 2.45) is 0 Å². The molecule has 2 aromatic rings. The highest BCUT2D eigenvalue weighted by Gasteiger charge is 2.04. The molecule has 0 fully saturated rings. The van der Waals surface area contributed by atoms with E-state index in [1.165, 1.54) is 18.5 Å². The van der Waals surface area contributed by atoms with Gasteiger partial charge in [0.1, 0.15) is 28.3 Å². The summed E-state index contributed by atoms with van der Waals surface area (Å²) >= 11 is 3.31. The highest BCUT2D eigenvalue weighted by molar-refractivity contribution is 9.10. The molecule has 2 rings (SSSR count). The van der Waals surface area contributed by atoms with Crippen molar-refractivity contribution >= 4 is 27.6 Å². The van der Waals surface area contributed by atoms with Crippen LogP contribution in [0.4, 0.5) is 16.0 Å². The molecule has 0 amide bonds. The smallest absolute Gasteiger partial charge is 0.145 e. The number of nitrogen functional groups attached to an aromatic ring is 1. The Morgan fingerprint density at radius 2 is 2.17 bits per heavy atom. The third-order valence-corrected chi connectivity index (χ3v) is 3.19. The van der Waals surface area contributed by atoms with Gasteiger partial charge in [-0.05, 0) is 40.0 Å². The number of aromatic nitrogens is 2. The summed E-state index contributed by atoms with van der Waals surface area (Å²) in [5, 5.41) is 3.12. The van der Waals surface area contributed by atoms with Gasteiger partial charge in [-0.2, -0.15) is 0 Å². The van der Waals surface area contributed by atoms with E-state index >= 15 is 0 Å². The van der Waals surface area contributed by atoms with Crippen LogP contribution in [0.2, 0.25) is 0 Å². The number of halogens is 2. The summed E-state index contributed by atoms with van der Waals surface area (Å²) in [6.45, 7) is 0.637. The van der Waals surface area contributed by atoms with Gasteiger partial charge >= 0.3 is 0 Å². The maximum Gasteiger partial charge on any atom is 0.145 e. The lowest BCUT2D eigenvalue weighted by Crippen LogP contribution is -2.08. The first-order valence-electron chi connectivity index (χ1n) is 5.41. The normalized spacial score (nSPS) is 10.3. The molecule has 0 bridgehead atoms. The fourth-order valence-corrected chi connectivity index (χ4v) is 1.87. The third kappa shape index (κ3) is 3.16. The molecule has 0 aliphatic heterocycles. The van der Waals surface area contributed by atoms with Crippen LogP contribution in [-0.4, -0.2) is 16.5 Å². The second kappa shape index (κ2) is 5.77. The van der Waals surface area contributed by atoms with Crippen molar-refractivity contribution in [2.45, 2.75) is 6.42 Å². The maximum atomic E-state index is 13.0. The topological polar surface area (TPSA) is 63.8 Å². The van der Waals surface area contributed by atoms with Crippen LogP contribution >= 0.6 is 15.9 Å². The van der Waals surface area contributed by atoms with E-state index in [0.717, 1.165) is 5.56 Å². The van der Waals surface area contributed by atoms with E-state index in [9.17, 15) is 4.39 Å². The molecule has 0 aliphatic rings. The van der Waals surface area contributed by atoms with Gasteiger partial charge in [-0.25, -0.2) is 14.4 Å². The van der Waals surface area contributed by atoms with Crippen LogP contribution in [0.1, 0.15) is 5.56 Å². The van der Waals surface area contributed by atoms with Gasteiger partial charge < -0.3 is 11.1 Å². The first-order chi connectivity index (χ1) is 8.66. The second-order valence-electron chi connectivity index (χ2n) is 3.73. The van der Waals surface area contributed by atoms with Crippen LogP contribution in [0.15, 0.2) is 35.1 Å². The molecule has 1 aromatic heterocycles. The average Bonchev–Trinajstić information content (AvgIpc) is 2.35. The minimum Gasteiger partial charge on any atom is -0.383 e. The van der Waals surface area contributed by atoms with Crippen LogP contribution in [0, 0.1) is 5.82 Å². The van der Waals surface area contributed by atoms with Crippen molar-refractivity contribution in [3.8, 4) is 0 Å². The van der Waals surface area contributed by atoms with Gasteiger partial charge in [0.25, 0.3) is 0 Å². The van der Waals surface area contributed by atoms with E-state index in [4.69, 9.17) is 5.73 Å². The van der Waals surface area contributed by atoms with Crippen molar-refractivity contribution in [1.82, 2.24) is 9.97 Å². The van der Waals surface area contributed by atoms with Crippen LogP contribution in [0.3, 0.4) is 0 Å². The van der Waals surface area contributed by atoms with Gasteiger partial charge in [-0.15, -0.1) is 0 Å². The van der Waals surface area contributed by atoms with E-state index in [-0.39, 0.29) is 5.82 Å². The summed E-state index contributed by atoms with van der Waals surface area (Å²) in [6, 6.07) is 6.53. The first kappa shape index (κ1) is 12.8. The molecule has 0 saturated carbocycles. The molecule has 1 aromatic carbocycles. The number of rotatable bonds is 4. The number of nitrogens with two attached hydrogens (primary N) is 1. The zero-order valence-corrected chi connectivity index (χ0v) is 11.1. The van der Waals surface area contributed by atoms with Gasteiger partial charge in [-0.3, -0.25) is 0 Å². The highest BCUT2D eigenvalue weighted by Crippen LogP contribution is 2.23. The monoisotopic (exact) mass is 310 g/mol. The van der Waals surface area contributed by atoms with Gasteiger partial charge in [-0.1, -0.05) is 12.1 Å². The van der Waals surface area contributed by atoms with Gasteiger partial charge in [0.15, 0.2) is 0 Å². The molecule has 6 heteroatoms. The molecule has 94 valence electrons. The Bertz CT molecular complexity index is 547. The van der Waals surface area contributed by atoms with Gasteiger partial charge in [0, 0.05) is 6.54 Å². The number of anilines is 2. The number of nitrogens with one attached hydrogen (secondary N) is 1. The molecule has 0 saturated heterocycles. The Morgan fingerprint density at radius 3 is 2.94 bits per heavy atom. The zero-order valence-electron chi connectivity index (χ0n) is 9.53. The fraction of sp³-hybridized carbons (Fsp3) is 0.167. The standard InChI is InChI=1S/C12H12BrFN4/c13-10-11(15)17-7-18-12(10)16-5-4-8-2-1-3-9(14)6-8/h1-3,6-7H,4-5H2,(H3,15,16,17,18). The number of nitrogens with zero attached hydrogens (tertiary/aromatic N) is 2. The third-order valence-electron chi connectivity index (χ3n) is 2.41. The van der Waals surface area contributed by atoms with E-state index < -0.39 is 0 Å². The Morgan fingerprint density at radius 1 is 1.33 bits per heavy atom. The Labute approximate surface area is 113 Å². The maximum absolute atomic E-state index is 13.0. The van der Waals surface area contributed by atoms with E-state index in [2.05, 4.69) is 31.2 Å². The molecule has 3 N–H and O–H groups in total. The summed E-state index contributed by atoms with van der Waals surface area (Å²) in [4.78, 5) is 7.91. The molecular weight excluding hydrogens is 299 g/mol. The quantitative estimate of drug-likeness (QED) is 0.911. The Balaban J connectivity index is 1.94. The van der Waals surface area contributed by atoms with Crippen molar-refractivity contribution in [2.75, 3.05) is 17.6 Å². The minimum atomic E-state index is -0.222. The predicted octanol–water partition coefficient (Wildman–Crippen LogP) is 2.62. The van der Waals surface area contributed by atoms with Crippen LogP contribution in [0.5, 0.6) is 0 Å². The summed E-state index contributed by atoms with van der Waals surface area (Å²) in [5.41, 5.74) is 6.57. The molecular formula is C12H12BrFN4. The van der Waals surface area contributed by atoms with Crippen LogP contribution in [-0.2, 0) is 6.42 Å². The first-order valence-corrected chi connectivity index (χ1v) is 6.20. The summed E-state index contributed by atoms with van der Waals surface area (Å²) in [5.74, 6) is 0.803. The van der Waals surface area contributed by atoms with Crippen LogP contribution < -0.4 is 11.1 Å². The van der Waals surface area contributed by atoms with E-state index in [1.54, 1.807) is 6.07 Å². The van der Waals surface area contributed by atoms with E-state index in [0.29, 0.717) is 29.1 Å². The predicted molar refractivity (Wildman–Crippen MR) is 72.7 cm³/mol. The summed E-state index contributed by atoms with van der Waals surface area (Å²) < 4.78 is 13.6. The lowest BCUT2D eigenvalue weighted by atomic mass is 10.1. The van der Waals surface area contributed by atoms with Crippen molar-refractivity contribution in [3.05, 3.63) is 46.4 Å². The molecule has 1 heterocycles. The van der Waals surface area contributed by atoms with Gasteiger partial charge in [0.05, 0.1) is 0 Å². The molecule has 0 radical (unpaired) electrons. The number of benzene rings is 1. The second-order valence-corrected chi connectivity index (χ2v) is 4.52. The Kier molecular flexibility index (Phi) is 4.09. The molecule has 0 unspecified atom stereocenters. The summed E-state index contributed by atoms with van der Waals surface area (Å²) in [6.07, 6.45) is 2.10. The molecule has 4 nitrogen and oxygen atoms in total. The zero-order chi connectivity index (χ0) is 13.0. The van der Waals surface area contributed by atoms with Crippen molar-refractivity contribution in [1.29, 1.82) is 0 Å². The number of hydrogen-bond acceptors (Lipinski definition) is 4. The highest BCUT2D eigenvalue weighted by atomic mass is 79.9.